The third-order valence-corrected chi connectivity index (χ3v) is 2.66. The first-order chi connectivity index (χ1) is 8.58. The number of nitriles is 1. The van der Waals surface area contributed by atoms with Gasteiger partial charge in [0.1, 0.15) is 5.75 Å². The molecular weight excluding hydrogens is 248 g/mol. The van der Waals surface area contributed by atoms with Gasteiger partial charge in [-0.15, -0.1) is 0 Å². The molecule has 0 aliphatic rings. The molecule has 2 rings (SSSR count). The molecule has 1 aromatic heterocycles. The molecule has 0 unspecified atom stereocenters. The number of aromatic nitrogens is 1. The summed E-state index contributed by atoms with van der Waals surface area (Å²) >= 11 is 6.08. The molecular formula is C14H11ClN2O. The Bertz CT molecular complexity index is 632. The molecule has 0 atom stereocenters. The maximum Gasteiger partial charge on any atom is 0.220 e. The maximum atomic E-state index is 8.88. The second-order valence-electron chi connectivity index (χ2n) is 3.98. The van der Waals surface area contributed by atoms with Crippen molar-refractivity contribution in [1.29, 1.82) is 5.26 Å². The second kappa shape index (κ2) is 5.07. The van der Waals surface area contributed by atoms with Gasteiger partial charge in [-0.2, -0.15) is 5.26 Å². The fraction of sp³-hybridized carbons (Fsp3) is 0.143. The van der Waals surface area contributed by atoms with Crippen LogP contribution in [0.2, 0.25) is 5.02 Å². The van der Waals surface area contributed by atoms with Crippen molar-refractivity contribution in [3.05, 3.63) is 52.2 Å². The Balaban J connectivity index is 2.34. The van der Waals surface area contributed by atoms with Gasteiger partial charge in [0.25, 0.3) is 0 Å². The minimum atomic E-state index is 0.373. The first-order valence-corrected chi connectivity index (χ1v) is 5.79. The Morgan fingerprint density at radius 1 is 1.22 bits per heavy atom. The van der Waals surface area contributed by atoms with E-state index in [9.17, 15) is 0 Å². The molecule has 0 aliphatic carbocycles. The minimum Gasteiger partial charge on any atom is -0.437 e. The summed E-state index contributed by atoms with van der Waals surface area (Å²) < 4.78 is 5.59. The van der Waals surface area contributed by atoms with Gasteiger partial charge in [-0.3, -0.25) is 0 Å². The van der Waals surface area contributed by atoms with Gasteiger partial charge in [0.15, 0.2) is 0 Å². The molecule has 0 spiro atoms. The van der Waals surface area contributed by atoms with E-state index in [-0.39, 0.29) is 0 Å². The third-order valence-electron chi connectivity index (χ3n) is 2.36. The number of halogens is 1. The molecule has 0 fully saturated rings. The molecule has 1 heterocycles. The van der Waals surface area contributed by atoms with E-state index in [1.807, 2.05) is 26.0 Å². The zero-order valence-electron chi connectivity index (χ0n) is 10.1. The van der Waals surface area contributed by atoms with Crippen molar-refractivity contribution >= 4 is 11.6 Å². The topological polar surface area (TPSA) is 45.9 Å². The number of hydrogen-bond acceptors (Lipinski definition) is 3. The zero-order chi connectivity index (χ0) is 13.1. The minimum absolute atomic E-state index is 0.373. The van der Waals surface area contributed by atoms with Crippen LogP contribution in [0.25, 0.3) is 0 Å². The molecule has 0 bridgehead atoms. The monoisotopic (exact) mass is 258 g/mol. The lowest BCUT2D eigenvalue weighted by atomic mass is 10.2. The van der Waals surface area contributed by atoms with Crippen molar-refractivity contribution in [2.75, 3.05) is 0 Å². The summed E-state index contributed by atoms with van der Waals surface area (Å²) in [6.07, 6.45) is 0. The van der Waals surface area contributed by atoms with Crippen LogP contribution in [0.5, 0.6) is 11.6 Å². The maximum absolute atomic E-state index is 8.88. The fourth-order valence-electron chi connectivity index (χ4n) is 1.56. The van der Waals surface area contributed by atoms with Gasteiger partial charge in [-0.05, 0) is 37.6 Å². The van der Waals surface area contributed by atoms with Gasteiger partial charge in [0.05, 0.1) is 16.7 Å². The highest BCUT2D eigenvalue weighted by Crippen LogP contribution is 2.29. The highest BCUT2D eigenvalue weighted by atomic mass is 35.5. The predicted octanol–water partition coefficient (Wildman–Crippen LogP) is 4.02. The lowest BCUT2D eigenvalue weighted by Gasteiger charge is -2.08. The first kappa shape index (κ1) is 12.4. The zero-order valence-corrected chi connectivity index (χ0v) is 10.8. The average molecular weight is 259 g/mol. The highest BCUT2D eigenvalue weighted by molar-refractivity contribution is 6.32. The van der Waals surface area contributed by atoms with Crippen LogP contribution in [0.1, 0.15) is 16.8 Å². The number of ether oxygens (including phenoxy) is 1. The van der Waals surface area contributed by atoms with Crippen molar-refractivity contribution in [3.63, 3.8) is 0 Å². The van der Waals surface area contributed by atoms with Gasteiger partial charge in [-0.25, -0.2) is 4.98 Å². The van der Waals surface area contributed by atoms with Crippen LogP contribution in [0.4, 0.5) is 0 Å². The summed E-state index contributed by atoms with van der Waals surface area (Å²) in [6.45, 7) is 3.76. The van der Waals surface area contributed by atoms with Crippen LogP contribution >= 0.6 is 11.6 Å². The number of aryl methyl sites for hydroxylation is 2. The first-order valence-electron chi connectivity index (χ1n) is 5.41. The Kier molecular flexibility index (Phi) is 3.50. The van der Waals surface area contributed by atoms with E-state index in [4.69, 9.17) is 21.6 Å². The Hall–Kier alpha value is -2.05. The molecule has 4 heteroatoms. The average Bonchev–Trinajstić information content (AvgIpc) is 2.32. The molecule has 0 amide bonds. The van der Waals surface area contributed by atoms with Crippen LogP contribution in [0.3, 0.4) is 0 Å². The van der Waals surface area contributed by atoms with Crippen molar-refractivity contribution in [1.82, 2.24) is 4.98 Å². The highest BCUT2D eigenvalue weighted by Gasteiger charge is 2.06. The van der Waals surface area contributed by atoms with Gasteiger partial charge in [0, 0.05) is 11.8 Å². The molecule has 0 saturated carbocycles. The van der Waals surface area contributed by atoms with Crippen molar-refractivity contribution < 1.29 is 4.74 Å². The van der Waals surface area contributed by atoms with Crippen molar-refractivity contribution in [3.8, 4) is 17.7 Å². The summed E-state index contributed by atoms with van der Waals surface area (Å²) in [5.74, 6) is 0.904. The number of pyridine rings is 1. The Labute approximate surface area is 111 Å². The molecule has 0 N–H and O–H groups in total. The Morgan fingerprint density at radius 2 is 2.00 bits per heavy atom. The quantitative estimate of drug-likeness (QED) is 0.817. The number of nitrogens with zero attached hydrogens (tertiary/aromatic N) is 2. The molecule has 18 heavy (non-hydrogen) atoms. The third kappa shape index (κ3) is 2.79. The largest absolute Gasteiger partial charge is 0.437 e. The number of hydrogen-bond donors (Lipinski definition) is 0. The standard InChI is InChI=1S/C14H11ClN2O/c1-9-3-4-13(12(15)5-9)18-14-7-11(8-16)6-10(2)17-14/h3-7H,1-2H3. The molecule has 3 nitrogen and oxygen atoms in total. The van der Waals surface area contributed by atoms with E-state index in [0.717, 1.165) is 11.3 Å². The second-order valence-corrected chi connectivity index (χ2v) is 4.39. The van der Waals surface area contributed by atoms with Gasteiger partial charge < -0.3 is 4.74 Å². The molecule has 0 saturated heterocycles. The summed E-state index contributed by atoms with van der Waals surface area (Å²) in [7, 11) is 0. The van der Waals surface area contributed by atoms with Crippen LogP contribution in [0, 0.1) is 25.2 Å². The molecule has 0 radical (unpaired) electrons. The van der Waals surface area contributed by atoms with Crippen molar-refractivity contribution in [2.45, 2.75) is 13.8 Å². The number of benzene rings is 1. The van der Waals surface area contributed by atoms with Gasteiger partial charge >= 0.3 is 0 Å². The summed E-state index contributed by atoms with van der Waals surface area (Å²) in [5, 5.41) is 9.41. The van der Waals surface area contributed by atoms with E-state index in [1.54, 1.807) is 18.2 Å². The lowest BCUT2D eigenvalue weighted by Crippen LogP contribution is -1.92. The van der Waals surface area contributed by atoms with Crippen molar-refractivity contribution in [2.24, 2.45) is 0 Å². The van der Waals surface area contributed by atoms with Crippen LogP contribution in [-0.2, 0) is 0 Å². The van der Waals surface area contributed by atoms with E-state index in [0.29, 0.717) is 22.2 Å². The predicted molar refractivity (Wildman–Crippen MR) is 70.0 cm³/mol. The summed E-state index contributed by atoms with van der Waals surface area (Å²) in [6, 6.07) is 10.9. The molecule has 90 valence electrons. The SMILES string of the molecule is Cc1ccc(Oc2cc(C#N)cc(C)n2)c(Cl)c1. The number of rotatable bonds is 2. The lowest BCUT2D eigenvalue weighted by molar-refractivity contribution is 0.461. The Morgan fingerprint density at radius 3 is 2.67 bits per heavy atom. The fourth-order valence-corrected chi connectivity index (χ4v) is 1.83. The van der Waals surface area contributed by atoms with Crippen LogP contribution in [0.15, 0.2) is 30.3 Å². The summed E-state index contributed by atoms with van der Waals surface area (Å²) in [4.78, 5) is 4.21. The van der Waals surface area contributed by atoms with Gasteiger partial charge in [-0.1, -0.05) is 17.7 Å². The van der Waals surface area contributed by atoms with Crippen LogP contribution in [-0.4, -0.2) is 4.98 Å². The normalized spacial score (nSPS) is 9.89. The molecule has 0 aliphatic heterocycles. The van der Waals surface area contributed by atoms with E-state index in [1.165, 1.54) is 0 Å². The van der Waals surface area contributed by atoms with E-state index < -0.39 is 0 Å². The molecule has 1 aromatic carbocycles. The summed E-state index contributed by atoms with van der Waals surface area (Å²) in [5.41, 5.74) is 2.30. The van der Waals surface area contributed by atoms with Crippen LogP contribution < -0.4 is 4.74 Å². The van der Waals surface area contributed by atoms with E-state index in [2.05, 4.69) is 11.1 Å². The van der Waals surface area contributed by atoms with Gasteiger partial charge in [0.2, 0.25) is 5.88 Å². The van der Waals surface area contributed by atoms with E-state index >= 15 is 0 Å². The smallest absolute Gasteiger partial charge is 0.220 e. The molecule has 2 aromatic rings.